The number of rotatable bonds is 6. The first kappa shape index (κ1) is 16.0. The zero-order valence-electron chi connectivity index (χ0n) is 12.5. The molecule has 19 heavy (non-hydrogen) atoms. The lowest BCUT2D eigenvalue weighted by Gasteiger charge is -2.27. The van der Waals surface area contributed by atoms with Crippen LogP contribution in [0.3, 0.4) is 0 Å². The van der Waals surface area contributed by atoms with Crippen molar-refractivity contribution < 1.29 is 14.3 Å². The molecule has 0 aromatic heterocycles. The molecule has 4 nitrogen and oxygen atoms in total. The van der Waals surface area contributed by atoms with Crippen molar-refractivity contribution in [3.05, 3.63) is 0 Å². The number of hydrogen-bond donors (Lipinski definition) is 0. The minimum atomic E-state index is -0.347. The Balaban J connectivity index is 2.40. The van der Waals surface area contributed by atoms with Gasteiger partial charge in [-0.25, -0.2) is 0 Å². The summed E-state index contributed by atoms with van der Waals surface area (Å²) in [6, 6.07) is 0.0398. The number of nitrogens with zero attached hydrogens (tertiary/aromatic N) is 1. The third kappa shape index (κ3) is 5.62. The summed E-state index contributed by atoms with van der Waals surface area (Å²) in [5, 5.41) is 0. The van der Waals surface area contributed by atoms with Crippen LogP contribution in [0.4, 0.5) is 0 Å². The molecule has 0 heterocycles. The molecule has 0 atom stereocenters. The number of carbonyl (C=O) groups is 2. The van der Waals surface area contributed by atoms with Crippen LogP contribution in [0.1, 0.15) is 58.8 Å². The highest BCUT2D eigenvalue weighted by molar-refractivity contribution is 5.82. The highest BCUT2D eigenvalue weighted by atomic mass is 16.5. The number of ether oxygens (including phenoxy) is 1. The van der Waals surface area contributed by atoms with Crippen LogP contribution in [0.15, 0.2) is 0 Å². The van der Waals surface area contributed by atoms with E-state index in [1.54, 1.807) is 4.90 Å². The zero-order valence-corrected chi connectivity index (χ0v) is 12.5. The predicted molar refractivity (Wildman–Crippen MR) is 74.7 cm³/mol. The first-order chi connectivity index (χ1) is 9.04. The Morgan fingerprint density at radius 1 is 1.21 bits per heavy atom. The van der Waals surface area contributed by atoms with Gasteiger partial charge in [-0.15, -0.1) is 0 Å². The first-order valence-electron chi connectivity index (χ1n) is 7.41. The Morgan fingerprint density at radius 3 is 2.37 bits per heavy atom. The van der Waals surface area contributed by atoms with Crippen molar-refractivity contribution in [3.8, 4) is 0 Å². The number of hydrogen-bond acceptors (Lipinski definition) is 3. The molecule has 1 amide bonds. The van der Waals surface area contributed by atoms with Crippen molar-refractivity contribution in [3.63, 3.8) is 0 Å². The second-order valence-corrected chi connectivity index (χ2v) is 5.73. The molecule has 0 spiro atoms. The Labute approximate surface area is 116 Å². The number of methoxy groups -OCH3 is 1. The average molecular weight is 269 g/mol. The maximum absolute atomic E-state index is 12.2. The van der Waals surface area contributed by atoms with Crippen LogP contribution >= 0.6 is 0 Å². The molecule has 1 aliphatic rings. The standard InChI is InChI=1S/C15H27NO3/c1-12(2)16(11-15(18)19-3)14(17)10-9-13-7-5-4-6-8-13/h12-13H,4-11H2,1-3H3. The van der Waals surface area contributed by atoms with Gasteiger partial charge in [0.25, 0.3) is 0 Å². The molecular formula is C15H27NO3. The van der Waals surface area contributed by atoms with E-state index in [2.05, 4.69) is 4.74 Å². The van der Waals surface area contributed by atoms with Crippen LogP contribution in [0, 0.1) is 5.92 Å². The lowest BCUT2D eigenvalue weighted by Crippen LogP contribution is -2.41. The highest BCUT2D eigenvalue weighted by Gasteiger charge is 2.22. The second-order valence-electron chi connectivity index (χ2n) is 5.73. The van der Waals surface area contributed by atoms with E-state index in [0.29, 0.717) is 12.3 Å². The molecule has 0 aliphatic heterocycles. The van der Waals surface area contributed by atoms with Crippen molar-refractivity contribution >= 4 is 11.9 Å². The fourth-order valence-corrected chi connectivity index (χ4v) is 2.71. The summed E-state index contributed by atoms with van der Waals surface area (Å²) in [4.78, 5) is 25.1. The maximum atomic E-state index is 12.2. The molecule has 0 bridgehead atoms. The van der Waals surface area contributed by atoms with Gasteiger partial charge >= 0.3 is 5.97 Å². The van der Waals surface area contributed by atoms with Gasteiger partial charge in [0.15, 0.2) is 0 Å². The Bertz CT molecular complexity index is 296. The third-order valence-electron chi connectivity index (χ3n) is 3.96. The molecule has 0 N–H and O–H groups in total. The van der Waals surface area contributed by atoms with Gasteiger partial charge in [0, 0.05) is 12.5 Å². The van der Waals surface area contributed by atoms with Crippen molar-refractivity contribution in [2.75, 3.05) is 13.7 Å². The SMILES string of the molecule is COC(=O)CN(C(=O)CCC1CCCCC1)C(C)C. The van der Waals surface area contributed by atoms with Crippen LogP contribution in [-0.2, 0) is 14.3 Å². The van der Waals surface area contributed by atoms with Gasteiger partial charge in [0.05, 0.1) is 7.11 Å². The molecule has 0 aromatic rings. The van der Waals surface area contributed by atoms with Gasteiger partial charge in [0.2, 0.25) is 5.91 Å². The lowest BCUT2D eigenvalue weighted by molar-refractivity contribution is -0.148. The van der Waals surface area contributed by atoms with E-state index in [1.165, 1.54) is 39.2 Å². The van der Waals surface area contributed by atoms with Crippen LogP contribution in [0.2, 0.25) is 0 Å². The minimum absolute atomic E-state index is 0.0398. The van der Waals surface area contributed by atoms with Crippen molar-refractivity contribution in [1.82, 2.24) is 4.90 Å². The summed E-state index contributed by atoms with van der Waals surface area (Å²) < 4.78 is 4.64. The van der Waals surface area contributed by atoms with E-state index >= 15 is 0 Å². The summed E-state index contributed by atoms with van der Waals surface area (Å²) in [6.07, 6.45) is 7.97. The molecule has 0 unspecified atom stereocenters. The average Bonchev–Trinajstić information content (AvgIpc) is 2.42. The smallest absolute Gasteiger partial charge is 0.325 e. The fourth-order valence-electron chi connectivity index (χ4n) is 2.71. The minimum Gasteiger partial charge on any atom is -0.468 e. The molecule has 1 fully saturated rings. The first-order valence-corrected chi connectivity index (χ1v) is 7.41. The Hall–Kier alpha value is -1.06. The van der Waals surface area contributed by atoms with E-state index in [-0.39, 0.29) is 24.5 Å². The molecule has 1 aliphatic carbocycles. The monoisotopic (exact) mass is 269 g/mol. The predicted octanol–water partition coefficient (Wildman–Crippen LogP) is 2.76. The Morgan fingerprint density at radius 2 is 1.84 bits per heavy atom. The molecule has 0 saturated heterocycles. The number of esters is 1. The molecule has 0 radical (unpaired) electrons. The largest absolute Gasteiger partial charge is 0.468 e. The number of carbonyl (C=O) groups excluding carboxylic acids is 2. The second kappa shape index (κ2) is 8.18. The number of amides is 1. The summed E-state index contributed by atoms with van der Waals surface area (Å²) in [7, 11) is 1.35. The van der Waals surface area contributed by atoms with Crippen molar-refractivity contribution in [1.29, 1.82) is 0 Å². The zero-order chi connectivity index (χ0) is 14.3. The van der Waals surface area contributed by atoms with Gasteiger partial charge in [-0.3, -0.25) is 9.59 Å². The van der Waals surface area contributed by atoms with Crippen LogP contribution in [0.25, 0.3) is 0 Å². The molecule has 1 rings (SSSR count). The van der Waals surface area contributed by atoms with Crippen LogP contribution < -0.4 is 0 Å². The van der Waals surface area contributed by atoms with E-state index in [0.717, 1.165) is 6.42 Å². The Kier molecular flexibility index (Phi) is 6.89. The summed E-state index contributed by atoms with van der Waals surface area (Å²) in [5.74, 6) is 0.426. The quantitative estimate of drug-likeness (QED) is 0.697. The van der Waals surface area contributed by atoms with Gasteiger partial charge in [0.1, 0.15) is 6.54 Å². The topological polar surface area (TPSA) is 46.6 Å². The van der Waals surface area contributed by atoms with Gasteiger partial charge in [-0.1, -0.05) is 32.1 Å². The highest BCUT2D eigenvalue weighted by Crippen LogP contribution is 2.27. The summed E-state index contributed by atoms with van der Waals surface area (Å²) in [5.41, 5.74) is 0. The fraction of sp³-hybridized carbons (Fsp3) is 0.867. The van der Waals surface area contributed by atoms with E-state index < -0.39 is 0 Å². The maximum Gasteiger partial charge on any atom is 0.325 e. The molecule has 110 valence electrons. The normalized spacial score (nSPS) is 16.4. The van der Waals surface area contributed by atoms with Gasteiger partial charge in [-0.05, 0) is 26.2 Å². The lowest BCUT2D eigenvalue weighted by atomic mass is 9.86. The van der Waals surface area contributed by atoms with Crippen LogP contribution in [0.5, 0.6) is 0 Å². The molecule has 0 aromatic carbocycles. The van der Waals surface area contributed by atoms with E-state index in [1.807, 2.05) is 13.8 Å². The van der Waals surface area contributed by atoms with E-state index in [4.69, 9.17) is 0 Å². The van der Waals surface area contributed by atoms with Crippen LogP contribution in [-0.4, -0.2) is 36.5 Å². The van der Waals surface area contributed by atoms with E-state index in [9.17, 15) is 9.59 Å². The molecule has 4 heteroatoms. The van der Waals surface area contributed by atoms with Crippen molar-refractivity contribution in [2.45, 2.75) is 64.8 Å². The summed E-state index contributed by atoms with van der Waals surface area (Å²) in [6.45, 7) is 3.93. The molecule has 1 saturated carbocycles. The summed E-state index contributed by atoms with van der Waals surface area (Å²) >= 11 is 0. The van der Waals surface area contributed by atoms with Gasteiger partial charge < -0.3 is 9.64 Å². The van der Waals surface area contributed by atoms with Gasteiger partial charge in [-0.2, -0.15) is 0 Å². The third-order valence-corrected chi connectivity index (χ3v) is 3.96. The molecular weight excluding hydrogens is 242 g/mol. The van der Waals surface area contributed by atoms with Crippen molar-refractivity contribution in [2.24, 2.45) is 5.92 Å².